The van der Waals surface area contributed by atoms with E-state index in [2.05, 4.69) is 34.1 Å². The highest BCUT2D eigenvalue weighted by Crippen LogP contribution is 2.30. The standard InChI is InChI=1S/C10H13BrN2/c11-9-4-1-3-8(7-9)10-5-2-6-13(10)12/h1,3-4,7,10H,2,5-6,12H2. The number of hydrogen-bond donors (Lipinski definition) is 1. The lowest BCUT2D eigenvalue weighted by molar-refractivity contribution is 0.266. The van der Waals surface area contributed by atoms with Gasteiger partial charge in [-0.05, 0) is 30.5 Å². The molecule has 70 valence electrons. The fraction of sp³-hybridized carbons (Fsp3) is 0.400. The van der Waals surface area contributed by atoms with Gasteiger partial charge in [0.1, 0.15) is 0 Å². The van der Waals surface area contributed by atoms with Gasteiger partial charge in [0.2, 0.25) is 0 Å². The highest BCUT2D eigenvalue weighted by molar-refractivity contribution is 9.10. The predicted molar refractivity (Wildman–Crippen MR) is 57.0 cm³/mol. The van der Waals surface area contributed by atoms with Crippen molar-refractivity contribution in [1.82, 2.24) is 5.01 Å². The van der Waals surface area contributed by atoms with Crippen LogP contribution in [-0.4, -0.2) is 11.6 Å². The van der Waals surface area contributed by atoms with Crippen molar-refractivity contribution >= 4 is 15.9 Å². The molecule has 2 N–H and O–H groups in total. The Balaban J connectivity index is 2.24. The molecule has 0 radical (unpaired) electrons. The molecular weight excluding hydrogens is 228 g/mol. The minimum absolute atomic E-state index is 0.414. The molecule has 1 aromatic carbocycles. The lowest BCUT2D eigenvalue weighted by Crippen LogP contribution is -2.30. The van der Waals surface area contributed by atoms with E-state index in [1.807, 2.05) is 11.1 Å². The van der Waals surface area contributed by atoms with Gasteiger partial charge in [-0.25, -0.2) is 5.01 Å². The van der Waals surface area contributed by atoms with Gasteiger partial charge in [-0.15, -0.1) is 0 Å². The first kappa shape index (κ1) is 9.19. The van der Waals surface area contributed by atoms with Gasteiger partial charge in [-0.2, -0.15) is 0 Å². The maximum atomic E-state index is 5.88. The van der Waals surface area contributed by atoms with E-state index < -0.39 is 0 Å². The van der Waals surface area contributed by atoms with Gasteiger partial charge in [0.15, 0.2) is 0 Å². The fourth-order valence-electron chi connectivity index (χ4n) is 1.86. The molecule has 0 spiro atoms. The Kier molecular flexibility index (Phi) is 2.67. The van der Waals surface area contributed by atoms with Crippen LogP contribution in [0.4, 0.5) is 0 Å². The Morgan fingerprint density at radius 3 is 2.92 bits per heavy atom. The van der Waals surface area contributed by atoms with Gasteiger partial charge in [-0.1, -0.05) is 28.1 Å². The quantitative estimate of drug-likeness (QED) is 0.765. The zero-order valence-corrected chi connectivity index (χ0v) is 9.00. The first-order chi connectivity index (χ1) is 6.27. The minimum Gasteiger partial charge on any atom is -0.268 e. The molecule has 1 unspecified atom stereocenters. The number of benzene rings is 1. The van der Waals surface area contributed by atoms with Crippen molar-refractivity contribution in [3.63, 3.8) is 0 Å². The zero-order chi connectivity index (χ0) is 9.26. The third-order valence-corrected chi connectivity index (χ3v) is 3.02. The van der Waals surface area contributed by atoms with E-state index in [1.54, 1.807) is 0 Å². The van der Waals surface area contributed by atoms with E-state index >= 15 is 0 Å². The number of hydrazine groups is 1. The average Bonchev–Trinajstić information content (AvgIpc) is 2.51. The third kappa shape index (κ3) is 1.93. The molecule has 1 atom stereocenters. The van der Waals surface area contributed by atoms with Gasteiger partial charge >= 0.3 is 0 Å². The van der Waals surface area contributed by atoms with Crippen LogP contribution in [0.5, 0.6) is 0 Å². The summed E-state index contributed by atoms with van der Waals surface area (Å²) in [7, 11) is 0. The minimum atomic E-state index is 0.414. The molecule has 0 aromatic heterocycles. The van der Waals surface area contributed by atoms with Crippen LogP contribution in [0, 0.1) is 0 Å². The van der Waals surface area contributed by atoms with E-state index in [9.17, 15) is 0 Å². The summed E-state index contributed by atoms with van der Waals surface area (Å²) < 4.78 is 1.13. The first-order valence-corrected chi connectivity index (χ1v) is 5.33. The van der Waals surface area contributed by atoms with Gasteiger partial charge in [0.25, 0.3) is 0 Å². The summed E-state index contributed by atoms with van der Waals surface area (Å²) in [5.41, 5.74) is 1.31. The summed E-state index contributed by atoms with van der Waals surface area (Å²) in [6, 6.07) is 8.80. The van der Waals surface area contributed by atoms with Crippen LogP contribution in [0.3, 0.4) is 0 Å². The lowest BCUT2D eigenvalue weighted by Gasteiger charge is -2.19. The Labute approximate surface area is 86.8 Å². The maximum absolute atomic E-state index is 5.88. The average molecular weight is 241 g/mol. The summed E-state index contributed by atoms with van der Waals surface area (Å²) in [5.74, 6) is 5.88. The van der Waals surface area contributed by atoms with Crippen LogP contribution in [0.2, 0.25) is 0 Å². The van der Waals surface area contributed by atoms with Crippen LogP contribution in [0.25, 0.3) is 0 Å². The second-order valence-corrected chi connectivity index (χ2v) is 4.37. The van der Waals surface area contributed by atoms with Crippen LogP contribution >= 0.6 is 15.9 Å². The summed E-state index contributed by atoms with van der Waals surface area (Å²) in [4.78, 5) is 0. The Morgan fingerprint density at radius 2 is 2.31 bits per heavy atom. The molecule has 2 rings (SSSR count). The molecule has 1 heterocycles. The summed E-state index contributed by atoms with van der Waals surface area (Å²) in [6.45, 7) is 1.01. The molecule has 1 aliphatic heterocycles. The molecule has 1 fully saturated rings. The Morgan fingerprint density at radius 1 is 1.46 bits per heavy atom. The maximum Gasteiger partial charge on any atom is 0.0491 e. The molecule has 13 heavy (non-hydrogen) atoms. The van der Waals surface area contributed by atoms with E-state index in [1.165, 1.54) is 18.4 Å². The summed E-state index contributed by atoms with van der Waals surface area (Å²) in [5, 5.41) is 1.93. The Hall–Kier alpha value is -0.380. The molecule has 0 aliphatic carbocycles. The summed E-state index contributed by atoms with van der Waals surface area (Å²) in [6.07, 6.45) is 2.38. The SMILES string of the molecule is NN1CCCC1c1cccc(Br)c1. The number of halogens is 1. The molecule has 2 nitrogen and oxygen atoms in total. The van der Waals surface area contributed by atoms with Crippen LogP contribution in [0.1, 0.15) is 24.4 Å². The molecule has 1 saturated heterocycles. The molecule has 3 heteroatoms. The molecule has 1 aliphatic rings. The van der Waals surface area contributed by atoms with Gasteiger partial charge in [-0.3, -0.25) is 5.84 Å². The highest BCUT2D eigenvalue weighted by Gasteiger charge is 2.22. The van der Waals surface area contributed by atoms with E-state index in [4.69, 9.17) is 5.84 Å². The van der Waals surface area contributed by atoms with Crippen molar-refractivity contribution < 1.29 is 0 Å². The van der Waals surface area contributed by atoms with Crippen molar-refractivity contribution in [2.24, 2.45) is 5.84 Å². The second kappa shape index (κ2) is 3.78. The van der Waals surface area contributed by atoms with Gasteiger partial charge in [0, 0.05) is 17.1 Å². The normalized spacial score (nSPS) is 23.7. The smallest absolute Gasteiger partial charge is 0.0491 e. The van der Waals surface area contributed by atoms with E-state index in [-0.39, 0.29) is 0 Å². The van der Waals surface area contributed by atoms with Gasteiger partial charge in [0.05, 0.1) is 0 Å². The van der Waals surface area contributed by atoms with Crippen LogP contribution in [-0.2, 0) is 0 Å². The predicted octanol–water partition coefficient (Wildman–Crippen LogP) is 2.46. The lowest BCUT2D eigenvalue weighted by atomic mass is 10.1. The van der Waals surface area contributed by atoms with Crippen molar-refractivity contribution in [3.8, 4) is 0 Å². The highest BCUT2D eigenvalue weighted by atomic mass is 79.9. The second-order valence-electron chi connectivity index (χ2n) is 3.45. The van der Waals surface area contributed by atoms with Crippen molar-refractivity contribution in [1.29, 1.82) is 0 Å². The fourth-order valence-corrected chi connectivity index (χ4v) is 2.28. The van der Waals surface area contributed by atoms with Gasteiger partial charge < -0.3 is 0 Å². The monoisotopic (exact) mass is 240 g/mol. The molecule has 0 amide bonds. The molecule has 0 saturated carbocycles. The molecule has 0 bridgehead atoms. The van der Waals surface area contributed by atoms with Crippen LogP contribution in [0.15, 0.2) is 28.7 Å². The number of nitrogens with zero attached hydrogens (tertiary/aromatic N) is 1. The number of rotatable bonds is 1. The summed E-state index contributed by atoms with van der Waals surface area (Å²) >= 11 is 3.47. The molecule has 1 aromatic rings. The molecular formula is C10H13BrN2. The number of nitrogens with two attached hydrogens (primary N) is 1. The van der Waals surface area contributed by atoms with E-state index in [0.29, 0.717) is 6.04 Å². The number of hydrogen-bond acceptors (Lipinski definition) is 2. The largest absolute Gasteiger partial charge is 0.268 e. The Bertz CT molecular complexity index is 301. The van der Waals surface area contributed by atoms with Crippen molar-refractivity contribution in [2.75, 3.05) is 6.54 Å². The first-order valence-electron chi connectivity index (χ1n) is 4.54. The zero-order valence-electron chi connectivity index (χ0n) is 7.41. The topological polar surface area (TPSA) is 29.3 Å². The van der Waals surface area contributed by atoms with Crippen molar-refractivity contribution in [2.45, 2.75) is 18.9 Å². The van der Waals surface area contributed by atoms with Crippen molar-refractivity contribution in [3.05, 3.63) is 34.3 Å². The third-order valence-electron chi connectivity index (χ3n) is 2.53. The van der Waals surface area contributed by atoms with Crippen LogP contribution < -0.4 is 5.84 Å². The van der Waals surface area contributed by atoms with E-state index in [0.717, 1.165) is 11.0 Å².